The van der Waals surface area contributed by atoms with Gasteiger partial charge in [0.1, 0.15) is 18.3 Å². The molecule has 1 fully saturated rings. The van der Waals surface area contributed by atoms with Gasteiger partial charge in [-0.2, -0.15) is 0 Å². The van der Waals surface area contributed by atoms with Crippen molar-refractivity contribution in [1.29, 1.82) is 0 Å². The molecule has 1 aromatic heterocycles. The number of hydrogen-bond acceptors (Lipinski definition) is 13. The fourth-order valence-electron chi connectivity index (χ4n) is 4.53. The molecule has 0 aliphatic carbocycles. The molecule has 1 aliphatic rings. The van der Waals surface area contributed by atoms with Crippen LogP contribution in [-0.4, -0.2) is 77.0 Å². The van der Waals surface area contributed by atoms with Crippen LogP contribution in [0.4, 0.5) is 0 Å². The number of benzene rings is 1. The molecule has 14 nitrogen and oxygen atoms in total. The van der Waals surface area contributed by atoms with Gasteiger partial charge < -0.3 is 33.8 Å². The lowest BCUT2D eigenvalue weighted by atomic mass is 9.97. The van der Waals surface area contributed by atoms with Crippen LogP contribution in [0.2, 0.25) is 0 Å². The first-order chi connectivity index (χ1) is 19.7. The normalized spacial score (nSPS) is 22.1. The number of aryl methyl sites for hydroxylation is 1. The summed E-state index contributed by atoms with van der Waals surface area (Å²) in [5.41, 5.74) is 6.92. The highest BCUT2D eigenvalue weighted by molar-refractivity contribution is 7.80. The van der Waals surface area contributed by atoms with E-state index in [-0.39, 0.29) is 16.9 Å². The van der Waals surface area contributed by atoms with Crippen LogP contribution in [0.1, 0.15) is 50.5 Å². The molecule has 2 aromatic rings. The lowest BCUT2D eigenvalue weighted by Crippen LogP contribution is -2.66. The molecule has 0 spiro atoms. The average molecular weight is 606 g/mol. The topological polar surface area (TPSA) is 186 Å². The van der Waals surface area contributed by atoms with Crippen LogP contribution < -0.4 is 11.3 Å². The van der Waals surface area contributed by atoms with E-state index in [0.717, 1.165) is 32.7 Å². The minimum absolute atomic E-state index is 0.112. The molecule has 3 rings (SSSR count). The molecule has 0 unspecified atom stereocenters. The summed E-state index contributed by atoms with van der Waals surface area (Å²) in [5.74, 6) is -3.51. The van der Waals surface area contributed by atoms with Crippen molar-refractivity contribution >= 4 is 58.0 Å². The number of para-hydroxylation sites is 1. The largest absolute Gasteiger partial charge is 0.463 e. The molecule has 42 heavy (non-hydrogen) atoms. The van der Waals surface area contributed by atoms with Crippen molar-refractivity contribution in [3.63, 3.8) is 0 Å². The Balaban J connectivity index is 2.28. The van der Waals surface area contributed by atoms with Crippen LogP contribution in [0, 0.1) is 6.92 Å². The number of esters is 4. The summed E-state index contributed by atoms with van der Waals surface area (Å²) in [6.45, 7) is 6.99. The zero-order valence-corrected chi connectivity index (χ0v) is 24.6. The Bertz CT molecular complexity index is 1490. The van der Waals surface area contributed by atoms with E-state index in [4.69, 9.17) is 46.1 Å². The average Bonchev–Trinajstić information content (AvgIpc) is 2.87. The molecule has 0 radical (unpaired) electrons. The molecule has 0 amide bonds. The second kappa shape index (κ2) is 13.5. The predicted molar refractivity (Wildman–Crippen MR) is 147 cm³/mol. The second-order valence-electron chi connectivity index (χ2n) is 9.33. The van der Waals surface area contributed by atoms with Crippen LogP contribution in [0.5, 0.6) is 0 Å². The van der Waals surface area contributed by atoms with E-state index in [1.807, 2.05) is 0 Å². The van der Waals surface area contributed by atoms with Crippen molar-refractivity contribution in [1.82, 2.24) is 5.01 Å². The second-order valence-corrected chi connectivity index (χ2v) is 9.75. The highest BCUT2D eigenvalue weighted by Gasteiger charge is 2.54. The van der Waals surface area contributed by atoms with Gasteiger partial charge in [-0.3, -0.25) is 24.0 Å². The van der Waals surface area contributed by atoms with Gasteiger partial charge in [-0.05, 0) is 37.7 Å². The summed E-state index contributed by atoms with van der Waals surface area (Å²) in [6, 6.07) is 6.96. The number of fused-ring (bicyclic) bond motifs is 1. The number of carbonyl (C=O) groups is 5. The van der Waals surface area contributed by atoms with Crippen LogP contribution in [0.3, 0.4) is 0 Å². The van der Waals surface area contributed by atoms with Gasteiger partial charge in [-0.1, -0.05) is 18.2 Å². The molecule has 2 heterocycles. The molecule has 1 aromatic carbocycles. The number of nitrogens with two attached hydrogens (primary N) is 1. The standard InChI is InChI=1S/C27H31N3O11S/c1-12-18-9-7-8-10-19(18)40-25(21(12)13(2)31)29-30(27(28)42)26-24(39-17(6)35)23(38-16(5)34)22(37-15(4)33)20(41-26)11-36-14(3)32/h7-10,20,22-24,26H,11H2,1-6H3,(H2,28,42)/t20-,22+,23+,24-,26-/m1/s1. The Hall–Kier alpha value is -4.37. The fourth-order valence-corrected chi connectivity index (χ4v) is 4.68. The lowest BCUT2D eigenvalue weighted by Gasteiger charge is -2.46. The van der Waals surface area contributed by atoms with Crippen LogP contribution in [-0.2, 0) is 42.9 Å². The zero-order chi connectivity index (χ0) is 31.3. The molecule has 0 bridgehead atoms. The third-order valence-corrected chi connectivity index (χ3v) is 6.26. The summed E-state index contributed by atoms with van der Waals surface area (Å²) in [4.78, 5) is 60.8. The quantitative estimate of drug-likeness (QED) is 0.149. The maximum Gasteiger partial charge on any atom is 0.303 e. The fraction of sp³-hybridized carbons (Fsp3) is 0.444. The Labute approximate surface area is 245 Å². The van der Waals surface area contributed by atoms with Gasteiger partial charge in [0, 0.05) is 33.1 Å². The first kappa shape index (κ1) is 32.1. The number of hydrogen-bond donors (Lipinski definition) is 1. The van der Waals surface area contributed by atoms with E-state index in [1.165, 1.54) is 6.92 Å². The van der Waals surface area contributed by atoms with Crippen molar-refractivity contribution in [3.05, 3.63) is 40.9 Å². The summed E-state index contributed by atoms with van der Waals surface area (Å²) in [7, 11) is 0. The van der Waals surface area contributed by atoms with E-state index >= 15 is 0 Å². The van der Waals surface area contributed by atoms with E-state index in [0.29, 0.717) is 16.5 Å². The molecule has 15 heteroatoms. The molecule has 0 saturated carbocycles. The van der Waals surface area contributed by atoms with Gasteiger partial charge >= 0.3 is 23.9 Å². The lowest BCUT2D eigenvalue weighted by molar-refractivity contribution is -0.271. The number of nitrogens with zero attached hydrogens (tertiary/aromatic N) is 2. The first-order valence-corrected chi connectivity index (χ1v) is 13.1. The van der Waals surface area contributed by atoms with Gasteiger partial charge in [0.25, 0.3) is 0 Å². The third kappa shape index (κ3) is 7.47. The molecule has 1 aliphatic heterocycles. The maximum absolute atomic E-state index is 12.7. The minimum atomic E-state index is -1.55. The number of ether oxygens (including phenoxy) is 5. The molecular weight excluding hydrogens is 574 g/mol. The number of rotatable bonds is 8. The molecular formula is C27H31N3O11S. The molecule has 1 saturated heterocycles. The summed E-state index contributed by atoms with van der Waals surface area (Å²) >= 11 is 5.26. The Kier molecular flexibility index (Phi) is 10.4. The van der Waals surface area contributed by atoms with Crippen LogP contribution in [0.25, 0.3) is 11.0 Å². The highest BCUT2D eigenvalue weighted by Crippen LogP contribution is 2.31. The van der Waals surface area contributed by atoms with E-state index in [9.17, 15) is 24.0 Å². The van der Waals surface area contributed by atoms with Crippen LogP contribution in [0.15, 0.2) is 33.8 Å². The predicted octanol–water partition coefficient (Wildman–Crippen LogP) is 1.39. The molecule has 5 atom stereocenters. The summed E-state index contributed by atoms with van der Waals surface area (Å²) in [6.07, 6.45) is -7.28. The Morgan fingerprint density at radius 1 is 0.905 bits per heavy atom. The zero-order valence-electron chi connectivity index (χ0n) is 23.8. The maximum atomic E-state index is 12.7. The van der Waals surface area contributed by atoms with E-state index < -0.39 is 66.2 Å². The number of carbonyl (C=O) groups excluding carboxylic acids is 5. The monoisotopic (exact) mass is 605 g/mol. The molecule has 226 valence electrons. The summed E-state index contributed by atoms with van der Waals surface area (Å²) in [5, 5.41) is 5.55. The van der Waals surface area contributed by atoms with Gasteiger partial charge in [-0.15, -0.1) is 5.10 Å². The van der Waals surface area contributed by atoms with Gasteiger partial charge in [0.2, 0.25) is 5.55 Å². The van der Waals surface area contributed by atoms with E-state index in [2.05, 4.69) is 5.10 Å². The van der Waals surface area contributed by atoms with Crippen molar-refractivity contribution < 1.29 is 52.1 Å². The van der Waals surface area contributed by atoms with Gasteiger partial charge in [0.05, 0.1) is 5.56 Å². The van der Waals surface area contributed by atoms with Gasteiger partial charge in [-0.25, -0.2) is 5.01 Å². The third-order valence-electron chi connectivity index (χ3n) is 6.07. The first-order valence-electron chi connectivity index (χ1n) is 12.7. The number of Topliss-reactive ketones (excluding diaryl/α,β-unsaturated/α-hetero) is 1. The number of ketones is 1. The van der Waals surface area contributed by atoms with Crippen LogP contribution >= 0.6 is 12.2 Å². The van der Waals surface area contributed by atoms with Gasteiger partial charge in [0.15, 0.2) is 35.4 Å². The number of thiocarbonyl (C=S) groups is 1. The Morgan fingerprint density at radius 3 is 2.02 bits per heavy atom. The van der Waals surface area contributed by atoms with Crippen molar-refractivity contribution in [2.45, 2.75) is 72.2 Å². The van der Waals surface area contributed by atoms with Crippen molar-refractivity contribution in [2.75, 3.05) is 6.61 Å². The minimum Gasteiger partial charge on any atom is -0.463 e. The smallest absolute Gasteiger partial charge is 0.303 e. The van der Waals surface area contributed by atoms with E-state index in [1.54, 1.807) is 31.2 Å². The summed E-state index contributed by atoms with van der Waals surface area (Å²) < 4.78 is 33.5. The SMILES string of the molecule is CC(=O)OC[C@H]1O[C@@H](N(N=c2oc3ccccc3c(C)c2C(C)=O)C(N)=S)[C@H](OC(C)=O)[C@@H](OC(C)=O)[C@H]1OC(C)=O. The highest BCUT2D eigenvalue weighted by atomic mass is 32.1. The molecule has 2 N–H and O–H groups in total. The van der Waals surface area contributed by atoms with Crippen molar-refractivity contribution in [2.24, 2.45) is 10.8 Å². The van der Waals surface area contributed by atoms with Crippen molar-refractivity contribution in [3.8, 4) is 0 Å². The Morgan fingerprint density at radius 2 is 1.48 bits per heavy atom.